The van der Waals surface area contributed by atoms with Gasteiger partial charge in [-0.3, -0.25) is 4.98 Å². The van der Waals surface area contributed by atoms with Gasteiger partial charge in [0.15, 0.2) is 11.5 Å². The molecule has 1 heterocycles. The van der Waals surface area contributed by atoms with Crippen molar-refractivity contribution in [3.05, 3.63) is 59.2 Å². The van der Waals surface area contributed by atoms with Crippen LogP contribution in [0, 0.1) is 0 Å². The third kappa shape index (κ3) is 5.23. The van der Waals surface area contributed by atoms with Crippen LogP contribution in [0.1, 0.15) is 31.2 Å². The van der Waals surface area contributed by atoms with E-state index in [1.807, 2.05) is 36.5 Å². The molecule has 0 radical (unpaired) electrons. The maximum Gasteiger partial charge on any atom is 0.163 e. The molecule has 1 saturated carbocycles. The topological polar surface area (TPSA) is 55.4 Å². The first-order valence-electron chi connectivity index (χ1n) is 10.9. The van der Waals surface area contributed by atoms with Crippen LogP contribution in [0.15, 0.2) is 48.7 Å². The average Bonchev–Trinajstić information content (AvgIpc) is 2.80. The predicted molar refractivity (Wildman–Crippen MR) is 128 cm³/mol. The Bertz CT molecular complexity index is 1020. The standard InChI is InChI=1S/C25H30ClN3O2/c1-30-24-5-3-4-17(25(24)31-2)12-14-27-19-7-9-20(10-8-19)29-22-13-15-28-23-16-18(26)6-11-21(22)23/h3-6,11,13,15-16,19-20,27H,7-10,12,14H2,1-2H3,(H,28,29). The van der Waals surface area contributed by atoms with Gasteiger partial charge in [-0.05, 0) is 74.5 Å². The molecule has 0 atom stereocenters. The van der Waals surface area contributed by atoms with Gasteiger partial charge >= 0.3 is 0 Å². The minimum absolute atomic E-state index is 0.484. The number of fused-ring (bicyclic) bond motifs is 1. The Balaban J connectivity index is 1.27. The van der Waals surface area contributed by atoms with Gasteiger partial charge in [0.2, 0.25) is 0 Å². The van der Waals surface area contributed by atoms with Crippen molar-refractivity contribution < 1.29 is 9.47 Å². The summed E-state index contributed by atoms with van der Waals surface area (Å²) in [5.41, 5.74) is 3.25. The zero-order chi connectivity index (χ0) is 21.6. The van der Waals surface area contributed by atoms with E-state index >= 15 is 0 Å². The summed E-state index contributed by atoms with van der Waals surface area (Å²) in [5.74, 6) is 1.63. The van der Waals surface area contributed by atoms with Crippen LogP contribution in [-0.4, -0.2) is 37.8 Å². The number of pyridine rings is 1. The first-order valence-corrected chi connectivity index (χ1v) is 11.3. The Hall–Kier alpha value is -2.50. The number of nitrogens with zero attached hydrogens (tertiary/aromatic N) is 1. The van der Waals surface area contributed by atoms with E-state index in [0.717, 1.165) is 58.9 Å². The first-order chi connectivity index (χ1) is 15.2. The van der Waals surface area contributed by atoms with Crippen LogP contribution in [0.3, 0.4) is 0 Å². The summed E-state index contributed by atoms with van der Waals surface area (Å²) in [6.07, 6.45) is 7.41. The molecular weight excluding hydrogens is 410 g/mol. The molecule has 4 rings (SSSR count). The Kier molecular flexibility index (Phi) is 7.15. The number of ether oxygens (including phenoxy) is 2. The number of halogens is 1. The molecule has 3 aromatic rings. The van der Waals surface area contributed by atoms with Crippen molar-refractivity contribution >= 4 is 28.2 Å². The van der Waals surface area contributed by atoms with E-state index in [2.05, 4.69) is 27.8 Å². The lowest BCUT2D eigenvalue weighted by Gasteiger charge is -2.30. The van der Waals surface area contributed by atoms with Crippen LogP contribution in [-0.2, 0) is 6.42 Å². The number of hydrogen-bond donors (Lipinski definition) is 2. The van der Waals surface area contributed by atoms with E-state index in [1.165, 1.54) is 18.4 Å². The fourth-order valence-corrected chi connectivity index (χ4v) is 4.64. The van der Waals surface area contributed by atoms with Gasteiger partial charge in [0, 0.05) is 34.4 Å². The van der Waals surface area contributed by atoms with Crippen molar-refractivity contribution in [1.82, 2.24) is 10.3 Å². The quantitative estimate of drug-likeness (QED) is 0.488. The van der Waals surface area contributed by atoms with Gasteiger partial charge in [0.25, 0.3) is 0 Å². The molecule has 2 aromatic carbocycles. The highest BCUT2D eigenvalue weighted by molar-refractivity contribution is 6.31. The van der Waals surface area contributed by atoms with Crippen molar-refractivity contribution in [1.29, 1.82) is 0 Å². The molecule has 1 fully saturated rings. The van der Waals surface area contributed by atoms with E-state index in [0.29, 0.717) is 12.1 Å². The summed E-state index contributed by atoms with van der Waals surface area (Å²) < 4.78 is 10.9. The molecule has 0 bridgehead atoms. The zero-order valence-corrected chi connectivity index (χ0v) is 18.9. The summed E-state index contributed by atoms with van der Waals surface area (Å²) in [5, 5.41) is 9.30. The highest BCUT2D eigenvalue weighted by Gasteiger charge is 2.21. The molecule has 0 saturated heterocycles. The Morgan fingerprint density at radius 3 is 2.58 bits per heavy atom. The number of rotatable bonds is 8. The smallest absolute Gasteiger partial charge is 0.163 e. The monoisotopic (exact) mass is 439 g/mol. The molecule has 0 aliphatic heterocycles. The van der Waals surface area contributed by atoms with Crippen LogP contribution in [0.5, 0.6) is 11.5 Å². The second-order valence-electron chi connectivity index (χ2n) is 8.07. The van der Waals surface area contributed by atoms with Gasteiger partial charge in [-0.2, -0.15) is 0 Å². The molecule has 1 aromatic heterocycles. The maximum atomic E-state index is 6.11. The molecule has 5 nitrogen and oxygen atoms in total. The van der Waals surface area contributed by atoms with E-state index < -0.39 is 0 Å². The number of methoxy groups -OCH3 is 2. The predicted octanol–water partition coefficient (Wildman–Crippen LogP) is 5.46. The lowest BCUT2D eigenvalue weighted by Crippen LogP contribution is -2.37. The maximum absolute atomic E-state index is 6.11. The molecular formula is C25H30ClN3O2. The van der Waals surface area contributed by atoms with Crippen molar-refractivity contribution in [2.24, 2.45) is 0 Å². The third-order valence-corrected chi connectivity index (χ3v) is 6.34. The number of para-hydroxylation sites is 1. The summed E-state index contributed by atoms with van der Waals surface area (Å²) in [6.45, 7) is 0.933. The largest absolute Gasteiger partial charge is 0.493 e. The second-order valence-corrected chi connectivity index (χ2v) is 8.51. The number of nitrogens with one attached hydrogen (secondary N) is 2. The van der Waals surface area contributed by atoms with Crippen molar-refractivity contribution in [2.75, 3.05) is 26.1 Å². The fourth-order valence-electron chi connectivity index (χ4n) is 4.47. The number of anilines is 1. The molecule has 2 N–H and O–H groups in total. The van der Waals surface area contributed by atoms with Crippen molar-refractivity contribution in [3.8, 4) is 11.5 Å². The van der Waals surface area contributed by atoms with Gasteiger partial charge in [-0.1, -0.05) is 23.7 Å². The SMILES string of the molecule is COc1cccc(CCNC2CCC(Nc3ccnc4cc(Cl)ccc34)CC2)c1OC. The number of aromatic nitrogens is 1. The molecule has 0 amide bonds. The van der Waals surface area contributed by atoms with Crippen LogP contribution < -0.4 is 20.1 Å². The summed E-state index contributed by atoms with van der Waals surface area (Å²) in [7, 11) is 3.37. The molecule has 31 heavy (non-hydrogen) atoms. The van der Waals surface area contributed by atoms with E-state index in [-0.39, 0.29) is 0 Å². The molecule has 0 spiro atoms. The highest BCUT2D eigenvalue weighted by Crippen LogP contribution is 2.31. The van der Waals surface area contributed by atoms with Crippen LogP contribution in [0.2, 0.25) is 5.02 Å². The molecule has 0 unspecified atom stereocenters. The van der Waals surface area contributed by atoms with Crippen molar-refractivity contribution in [3.63, 3.8) is 0 Å². The lowest BCUT2D eigenvalue weighted by molar-refractivity contribution is 0.346. The second kappa shape index (κ2) is 10.2. The van der Waals surface area contributed by atoms with Crippen LogP contribution >= 0.6 is 11.6 Å². The summed E-state index contributed by atoms with van der Waals surface area (Å²) in [6, 6.07) is 15.1. The van der Waals surface area contributed by atoms with Crippen molar-refractivity contribution in [2.45, 2.75) is 44.2 Å². The van der Waals surface area contributed by atoms with E-state index in [9.17, 15) is 0 Å². The Labute approximate surface area is 189 Å². The first kappa shape index (κ1) is 21.7. The van der Waals surface area contributed by atoms with Crippen LogP contribution in [0.25, 0.3) is 10.9 Å². The average molecular weight is 440 g/mol. The van der Waals surface area contributed by atoms with Gasteiger partial charge in [-0.25, -0.2) is 0 Å². The highest BCUT2D eigenvalue weighted by atomic mass is 35.5. The van der Waals surface area contributed by atoms with Gasteiger partial charge < -0.3 is 20.1 Å². The Morgan fingerprint density at radius 1 is 1.00 bits per heavy atom. The molecule has 1 aliphatic rings. The van der Waals surface area contributed by atoms with E-state index in [4.69, 9.17) is 21.1 Å². The van der Waals surface area contributed by atoms with Crippen LogP contribution in [0.4, 0.5) is 5.69 Å². The number of hydrogen-bond acceptors (Lipinski definition) is 5. The van der Waals surface area contributed by atoms with Gasteiger partial charge in [0.1, 0.15) is 0 Å². The zero-order valence-electron chi connectivity index (χ0n) is 18.2. The minimum Gasteiger partial charge on any atom is -0.493 e. The fraction of sp³-hybridized carbons (Fsp3) is 0.400. The molecule has 1 aliphatic carbocycles. The summed E-state index contributed by atoms with van der Waals surface area (Å²) >= 11 is 6.11. The lowest BCUT2D eigenvalue weighted by atomic mass is 9.90. The number of benzene rings is 2. The van der Waals surface area contributed by atoms with Gasteiger partial charge in [0.05, 0.1) is 19.7 Å². The molecule has 164 valence electrons. The summed E-state index contributed by atoms with van der Waals surface area (Å²) in [4.78, 5) is 4.44. The Morgan fingerprint density at radius 2 is 1.81 bits per heavy atom. The molecule has 6 heteroatoms. The van der Waals surface area contributed by atoms with E-state index in [1.54, 1.807) is 14.2 Å². The minimum atomic E-state index is 0.484. The third-order valence-electron chi connectivity index (χ3n) is 6.10. The normalized spacial score (nSPS) is 18.7. The van der Waals surface area contributed by atoms with Gasteiger partial charge in [-0.15, -0.1) is 0 Å².